The second-order valence-corrected chi connectivity index (χ2v) is 11.1. The third-order valence-electron chi connectivity index (χ3n) is 7.76. The summed E-state index contributed by atoms with van der Waals surface area (Å²) < 4.78 is 34.0. The first-order valence-electron chi connectivity index (χ1n) is 17.0. The number of aromatic amines is 1. The van der Waals surface area contributed by atoms with E-state index in [9.17, 15) is 0 Å². The molecule has 0 saturated heterocycles. The van der Waals surface area contributed by atoms with Crippen LogP contribution in [0.1, 0.15) is 45.2 Å². The maximum absolute atomic E-state index is 5.84. The van der Waals surface area contributed by atoms with Gasteiger partial charge in [-0.05, 0) is 67.6 Å². The lowest BCUT2D eigenvalue weighted by Gasteiger charge is -2.11. The summed E-state index contributed by atoms with van der Waals surface area (Å²) in [5.41, 5.74) is 5.94. The molecule has 0 spiro atoms. The molecule has 0 saturated carbocycles. The van der Waals surface area contributed by atoms with E-state index >= 15 is 0 Å². The van der Waals surface area contributed by atoms with Gasteiger partial charge >= 0.3 is 0 Å². The number of rotatable bonds is 21. The van der Waals surface area contributed by atoms with Gasteiger partial charge in [0.25, 0.3) is 0 Å². The molecular weight excluding hydrogens is 604 g/mol. The Balaban J connectivity index is 0.997. The van der Waals surface area contributed by atoms with Crippen molar-refractivity contribution in [3.8, 4) is 34.6 Å². The molecule has 4 rings (SSSR count). The number of nitrogens with one attached hydrogen (secondary N) is 1. The van der Waals surface area contributed by atoms with Gasteiger partial charge in [-0.15, -0.1) is 5.92 Å². The molecule has 2 heterocycles. The summed E-state index contributed by atoms with van der Waals surface area (Å²) in [7, 11) is 0. The van der Waals surface area contributed by atoms with Crippen LogP contribution < -0.4 is 20.0 Å². The highest BCUT2D eigenvalue weighted by molar-refractivity contribution is 5.86. The number of ether oxygens (including phenoxy) is 6. The third kappa shape index (κ3) is 11.5. The quantitative estimate of drug-likeness (QED) is 0.0889. The fraction of sp³-hybridized carbons (Fsp3) is 0.425. The van der Waals surface area contributed by atoms with Crippen LogP contribution in [0.5, 0.6) is 11.6 Å². The van der Waals surface area contributed by atoms with Crippen molar-refractivity contribution < 1.29 is 28.4 Å². The Kier molecular flexibility index (Phi) is 16.0. The lowest BCUT2D eigenvalue weighted by Crippen LogP contribution is -2.21. The van der Waals surface area contributed by atoms with Crippen molar-refractivity contribution in [3.63, 3.8) is 0 Å². The van der Waals surface area contributed by atoms with E-state index in [-0.39, 0.29) is 0 Å². The van der Waals surface area contributed by atoms with Crippen molar-refractivity contribution in [1.82, 2.24) is 9.97 Å². The van der Waals surface area contributed by atoms with Gasteiger partial charge in [-0.25, -0.2) is 4.98 Å². The minimum Gasteiger partial charge on any atom is -0.491 e. The number of hydrogen-bond donors (Lipinski definition) is 1. The van der Waals surface area contributed by atoms with Crippen molar-refractivity contribution in [2.75, 3.05) is 66.1 Å². The van der Waals surface area contributed by atoms with E-state index in [0.717, 1.165) is 52.2 Å². The molecule has 4 aromatic rings. The van der Waals surface area contributed by atoms with Crippen LogP contribution in [0, 0.1) is 11.8 Å². The summed E-state index contributed by atoms with van der Waals surface area (Å²) in [5, 5.41) is 3.35. The van der Waals surface area contributed by atoms with Crippen molar-refractivity contribution in [1.29, 1.82) is 0 Å². The Morgan fingerprint density at radius 1 is 0.729 bits per heavy atom. The lowest BCUT2D eigenvalue weighted by molar-refractivity contribution is -0.00710. The standard InChI is InChI=1S/C40H50N2O6/c1-5-9-11-38-36(8-4)37-16-13-33(29-39(37)42-38)34-14-17-40(41-30-34)48-27-25-46-23-21-44-19-18-43-20-22-45-24-26-47-35-15-12-32(10-6-2)31(7-3)28-35/h8,11-17,28-30,42H,6-7,10,18-27H2,1-4H3/b36-8-,38-11+. The van der Waals surface area contributed by atoms with Gasteiger partial charge in [-0.1, -0.05) is 50.5 Å². The SMILES string of the molecule is CC#C/C=c1/[nH]c2cc(-c3ccc(OCCOCCOCCOCCOCCOc4ccc(CCC)c(CC)c4)nc3)ccc2/c1=C/C. The van der Waals surface area contributed by atoms with Gasteiger partial charge in [0.15, 0.2) is 0 Å². The summed E-state index contributed by atoms with van der Waals surface area (Å²) in [6.45, 7) is 13.2. The maximum atomic E-state index is 5.84. The molecule has 8 nitrogen and oxygen atoms in total. The number of benzene rings is 2. The van der Waals surface area contributed by atoms with Gasteiger partial charge in [0, 0.05) is 40.0 Å². The molecule has 8 heteroatoms. The van der Waals surface area contributed by atoms with Crippen LogP contribution in [0.2, 0.25) is 0 Å². The molecule has 0 radical (unpaired) electrons. The molecule has 0 bridgehead atoms. The molecule has 0 aliphatic heterocycles. The summed E-state index contributed by atoms with van der Waals surface area (Å²) in [6.07, 6.45) is 9.14. The molecular formula is C40H50N2O6. The van der Waals surface area contributed by atoms with Crippen LogP contribution >= 0.6 is 0 Å². The Labute approximate surface area is 285 Å². The van der Waals surface area contributed by atoms with Crippen LogP contribution in [0.3, 0.4) is 0 Å². The number of pyridine rings is 1. The number of nitrogens with zero attached hydrogens (tertiary/aromatic N) is 1. The number of H-pyrrole nitrogens is 1. The van der Waals surface area contributed by atoms with Gasteiger partial charge in [-0.2, -0.15) is 0 Å². The number of aryl methyl sites for hydroxylation is 2. The zero-order valence-corrected chi connectivity index (χ0v) is 28.9. The molecule has 48 heavy (non-hydrogen) atoms. The van der Waals surface area contributed by atoms with Crippen molar-refractivity contribution in [2.24, 2.45) is 0 Å². The molecule has 0 amide bonds. The minimum absolute atomic E-state index is 0.413. The summed E-state index contributed by atoms with van der Waals surface area (Å²) in [6, 6.07) is 16.7. The predicted octanol–water partition coefficient (Wildman–Crippen LogP) is 5.87. The minimum atomic E-state index is 0.413. The molecule has 0 atom stereocenters. The van der Waals surface area contributed by atoms with Gasteiger partial charge in [0.2, 0.25) is 5.88 Å². The van der Waals surface area contributed by atoms with Crippen LogP contribution in [-0.4, -0.2) is 76.0 Å². The zero-order chi connectivity index (χ0) is 33.8. The molecule has 2 aromatic heterocycles. The maximum Gasteiger partial charge on any atom is 0.213 e. The number of aromatic nitrogens is 2. The zero-order valence-electron chi connectivity index (χ0n) is 28.9. The Morgan fingerprint density at radius 2 is 1.40 bits per heavy atom. The van der Waals surface area contributed by atoms with Gasteiger partial charge in [0.1, 0.15) is 19.0 Å². The molecule has 1 N–H and O–H groups in total. The van der Waals surface area contributed by atoms with E-state index in [1.54, 1.807) is 0 Å². The predicted molar refractivity (Wildman–Crippen MR) is 193 cm³/mol. The first-order valence-corrected chi connectivity index (χ1v) is 17.0. The molecule has 0 fully saturated rings. The topological polar surface area (TPSA) is 84.1 Å². The van der Waals surface area contributed by atoms with Crippen LogP contribution in [-0.2, 0) is 31.8 Å². The lowest BCUT2D eigenvalue weighted by atomic mass is 10.0. The monoisotopic (exact) mass is 654 g/mol. The Bertz CT molecular complexity index is 1720. The van der Waals surface area contributed by atoms with Crippen LogP contribution in [0.4, 0.5) is 0 Å². The van der Waals surface area contributed by atoms with E-state index in [0.29, 0.717) is 71.9 Å². The van der Waals surface area contributed by atoms with Gasteiger partial charge in [0.05, 0.1) is 58.2 Å². The van der Waals surface area contributed by atoms with Gasteiger partial charge in [-0.3, -0.25) is 0 Å². The van der Waals surface area contributed by atoms with E-state index in [1.165, 1.54) is 16.5 Å². The smallest absolute Gasteiger partial charge is 0.213 e. The van der Waals surface area contributed by atoms with Crippen molar-refractivity contribution in [2.45, 2.75) is 47.0 Å². The van der Waals surface area contributed by atoms with E-state index < -0.39 is 0 Å². The van der Waals surface area contributed by atoms with Crippen molar-refractivity contribution in [3.05, 3.63) is 76.4 Å². The highest BCUT2D eigenvalue weighted by Crippen LogP contribution is 2.23. The second-order valence-electron chi connectivity index (χ2n) is 11.1. The van der Waals surface area contributed by atoms with Crippen LogP contribution in [0.25, 0.3) is 34.2 Å². The summed E-state index contributed by atoms with van der Waals surface area (Å²) in [5.74, 6) is 7.42. The molecule has 256 valence electrons. The Morgan fingerprint density at radius 3 is 2.00 bits per heavy atom. The van der Waals surface area contributed by atoms with E-state index in [2.05, 4.69) is 78.1 Å². The molecule has 0 aliphatic carbocycles. The third-order valence-corrected chi connectivity index (χ3v) is 7.76. The summed E-state index contributed by atoms with van der Waals surface area (Å²) in [4.78, 5) is 7.95. The van der Waals surface area contributed by atoms with Crippen molar-refractivity contribution >= 4 is 23.1 Å². The largest absolute Gasteiger partial charge is 0.491 e. The fourth-order valence-electron chi connectivity index (χ4n) is 5.35. The first kappa shape index (κ1) is 36.7. The fourth-order valence-corrected chi connectivity index (χ4v) is 5.35. The van der Waals surface area contributed by atoms with Gasteiger partial charge < -0.3 is 33.4 Å². The normalized spacial score (nSPS) is 12.0. The average Bonchev–Trinajstić information content (AvgIpc) is 3.48. The number of fused-ring (bicyclic) bond motifs is 1. The van der Waals surface area contributed by atoms with E-state index in [4.69, 9.17) is 28.4 Å². The highest BCUT2D eigenvalue weighted by atomic mass is 16.6. The first-order chi connectivity index (χ1) is 23.7. The Hall–Kier alpha value is -4.13. The summed E-state index contributed by atoms with van der Waals surface area (Å²) >= 11 is 0. The van der Waals surface area contributed by atoms with Crippen LogP contribution in [0.15, 0.2) is 54.7 Å². The van der Waals surface area contributed by atoms with E-state index in [1.807, 2.05) is 38.3 Å². The highest BCUT2D eigenvalue weighted by Gasteiger charge is 2.06. The second kappa shape index (κ2) is 21.0. The average molecular weight is 655 g/mol. The molecule has 0 unspecified atom stereocenters. The molecule has 0 aliphatic rings. The molecule has 2 aromatic carbocycles. The number of hydrogen-bond acceptors (Lipinski definition) is 7.